The van der Waals surface area contributed by atoms with Gasteiger partial charge in [0.15, 0.2) is 0 Å². The molecule has 112 valence electrons. The number of carboxylic acid groups (broad SMARTS) is 1. The first-order chi connectivity index (χ1) is 9.36. The van der Waals surface area contributed by atoms with Crippen molar-refractivity contribution in [3.05, 3.63) is 24.3 Å². The molecule has 0 aliphatic carbocycles. The maximum absolute atomic E-state index is 10.6. The fourth-order valence-electron chi connectivity index (χ4n) is 2.11. The van der Waals surface area contributed by atoms with Crippen molar-refractivity contribution in [2.45, 2.75) is 25.3 Å². The SMILES string of the molecule is COc1ccc([N+](C)(C)CCCC[C@H](N)C(=O)O)cc1. The second-order valence-corrected chi connectivity index (χ2v) is 5.55. The largest absolute Gasteiger partial charge is 0.497 e. The van der Waals surface area contributed by atoms with Crippen LogP contribution in [0.15, 0.2) is 24.3 Å². The second kappa shape index (κ2) is 7.26. The van der Waals surface area contributed by atoms with Gasteiger partial charge in [-0.05, 0) is 31.4 Å². The van der Waals surface area contributed by atoms with Gasteiger partial charge in [0, 0.05) is 12.1 Å². The quantitative estimate of drug-likeness (QED) is 0.563. The van der Waals surface area contributed by atoms with Gasteiger partial charge < -0.3 is 15.6 Å². The number of hydrogen-bond acceptors (Lipinski definition) is 3. The van der Waals surface area contributed by atoms with Crippen molar-refractivity contribution in [1.82, 2.24) is 4.48 Å². The minimum absolute atomic E-state index is 0.526. The van der Waals surface area contributed by atoms with Crippen LogP contribution in [0.25, 0.3) is 0 Å². The number of unbranched alkanes of at least 4 members (excludes halogenated alkanes) is 1. The number of benzene rings is 1. The normalized spacial score (nSPS) is 13.0. The Balaban J connectivity index is 2.46. The van der Waals surface area contributed by atoms with Gasteiger partial charge in [-0.1, -0.05) is 0 Å². The Morgan fingerprint density at radius 1 is 1.30 bits per heavy atom. The summed E-state index contributed by atoms with van der Waals surface area (Å²) in [5.41, 5.74) is 6.69. The van der Waals surface area contributed by atoms with Gasteiger partial charge in [-0.15, -0.1) is 0 Å². The molecular formula is C15H25N2O3+. The zero-order chi connectivity index (χ0) is 15.2. The zero-order valence-corrected chi connectivity index (χ0v) is 12.5. The number of carboxylic acids is 1. The summed E-state index contributed by atoms with van der Waals surface area (Å²) in [4.78, 5) is 10.6. The predicted molar refractivity (Wildman–Crippen MR) is 81.0 cm³/mol. The maximum Gasteiger partial charge on any atom is 0.320 e. The van der Waals surface area contributed by atoms with Crippen LogP contribution in [0.4, 0.5) is 5.69 Å². The van der Waals surface area contributed by atoms with E-state index in [1.54, 1.807) is 7.11 Å². The number of quaternary nitrogens is 1. The first kappa shape index (κ1) is 16.5. The second-order valence-electron chi connectivity index (χ2n) is 5.55. The number of nitrogens with zero attached hydrogens (tertiary/aromatic N) is 1. The van der Waals surface area contributed by atoms with E-state index in [2.05, 4.69) is 26.2 Å². The smallest absolute Gasteiger partial charge is 0.320 e. The van der Waals surface area contributed by atoms with Crippen LogP contribution in [0.1, 0.15) is 19.3 Å². The summed E-state index contributed by atoms with van der Waals surface area (Å²) in [5, 5.41) is 8.73. The van der Waals surface area contributed by atoms with Gasteiger partial charge in [-0.2, -0.15) is 0 Å². The van der Waals surface area contributed by atoms with Gasteiger partial charge in [0.25, 0.3) is 0 Å². The Bertz CT molecular complexity index is 429. The molecule has 0 radical (unpaired) electrons. The van der Waals surface area contributed by atoms with Crippen molar-refractivity contribution in [3.63, 3.8) is 0 Å². The Morgan fingerprint density at radius 2 is 1.90 bits per heavy atom. The molecule has 0 aromatic heterocycles. The zero-order valence-electron chi connectivity index (χ0n) is 12.5. The molecule has 3 N–H and O–H groups in total. The molecule has 1 aromatic carbocycles. The highest BCUT2D eigenvalue weighted by Crippen LogP contribution is 2.23. The molecule has 0 heterocycles. The average Bonchev–Trinajstić information content (AvgIpc) is 2.43. The Morgan fingerprint density at radius 3 is 2.40 bits per heavy atom. The Kier molecular flexibility index (Phi) is 5.98. The van der Waals surface area contributed by atoms with E-state index in [4.69, 9.17) is 15.6 Å². The lowest BCUT2D eigenvalue weighted by Gasteiger charge is -2.29. The molecule has 5 heteroatoms. The molecule has 0 aliphatic rings. The van der Waals surface area contributed by atoms with Crippen molar-refractivity contribution >= 4 is 11.7 Å². The highest BCUT2D eigenvalue weighted by molar-refractivity contribution is 5.72. The van der Waals surface area contributed by atoms with Crippen molar-refractivity contribution in [2.24, 2.45) is 5.73 Å². The molecule has 20 heavy (non-hydrogen) atoms. The van der Waals surface area contributed by atoms with Crippen LogP contribution >= 0.6 is 0 Å². The molecule has 0 saturated carbocycles. The number of rotatable bonds is 8. The summed E-state index contributed by atoms with van der Waals surface area (Å²) in [5.74, 6) is -0.0740. The van der Waals surface area contributed by atoms with E-state index in [0.29, 0.717) is 6.42 Å². The van der Waals surface area contributed by atoms with Gasteiger partial charge in [-0.3, -0.25) is 9.28 Å². The Hall–Kier alpha value is -1.59. The third kappa shape index (κ3) is 4.83. The lowest BCUT2D eigenvalue weighted by Crippen LogP contribution is -2.41. The van der Waals surface area contributed by atoms with E-state index < -0.39 is 12.0 Å². The summed E-state index contributed by atoms with van der Waals surface area (Å²) in [7, 11) is 5.93. The number of carbonyl (C=O) groups is 1. The molecule has 1 aromatic rings. The molecule has 0 amide bonds. The molecule has 0 spiro atoms. The van der Waals surface area contributed by atoms with Crippen molar-refractivity contribution in [3.8, 4) is 5.75 Å². The van der Waals surface area contributed by atoms with Gasteiger partial charge in [0.05, 0.1) is 27.7 Å². The first-order valence-electron chi connectivity index (χ1n) is 6.83. The van der Waals surface area contributed by atoms with Crippen LogP contribution < -0.4 is 15.0 Å². The molecule has 0 aliphatic heterocycles. The van der Waals surface area contributed by atoms with E-state index in [1.807, 2.05) is 12.1 Å². The number of methoxy groups -OCH3 is 1. The van der Waals surface area contributed by atoms with E-state index in [0.717, 1.165) is 29.6 Å². The topological polar surface area (TPSA) is 72.5 Å². The lowest BCUT2D eigenvalue weighted by molar-refractivity contribution is -0.138. The van der Waals surface area contributed by atoms with Gasteiger partial charge >= 0.3 is 5.97 Å². The van der Waals surface area contributed by atoms with E-state index in [-0.39, 0.29) is 0 Å². The van der Waals surface area contributed by atoms with Gasteiger partial charge in [-0.25, -0.2) is 0 Å². The highest BCUT2D eigenvalue weighted by Gasteiger charge is 2.19. The van der Waals surface area contributed by atoms with Gasteiger partial charge in [0.2, 0.25) is 0 Å². The number of aliphatic carboxylic acids is 1. The molecule has 1 rings (SSSR count). The molecule has 1 atom stereocenters. The monoisotopic (exact) mass is 281 g/mol. The summed E-state index contributed by atoms with van der Waals surface area (Å²) < 4.78 is 5.91. The minimum Gasteiger partial charge on any atom is -0.497 e. The summed E-state index contributed by atoms with van der Waals surface area (Å²) >= 11 is 0. The maximum atomic E-state index is 10.6. The molecule has 5 nitrogen and oxygen atoms in total. The van der Waals surface area contributed by atoms with Crippen LogP contribution in [-0.2, 0) is 4.79 Å². The fourth-order valence-corrected chi connectivity index (χ4v) is 2.11. The van der Waals surface area contributed by atoms with Crippen LogP contribution in [0.3, 0.4) is 0 Å². The minimum atomic E-state index is -0.922. The summed E-state index contributed by atoms with van der Waals surface area (Å²) in [6.45, 7) is 0.943. The molecule has 0 bridgehead atoms. The van der Waals surface area contributed by atoms with Crippen molar-refractivity contribution < 1.29 is 14.6 Å². The summed E-state index contributed by atoms with van der Waals surface area (Å²) in [6, 6.07) is 7.28. The molecule has 0 fully saturated rings. The first-order valence-corrected chi connectivity index (χ1v) is 6.83. The van der Waals surface area contributed by atoms with Crippen molar-refractivity contribution in [2.75, 3.05) is 27.7 Å². The standard InChI is InChI=1S/C15H24N2O3/c1-17(2,11-5-4-6-14(16)15(18)19)12-7-9-13(20-3)10-8-12/h7-10,14H,4-6,11,16H2,1-3H3/p+1/t14-/m0/s1. The highest BCUT2D eigenvalue weighted by atomic mass is 16.5. The number of ether oxygens (including phenoxy) is 1. The van der Waals surface area contributed by atoms with Crippen LogP contribution in [0, 0.1) is 0 Å². The van der Waals surface area contributed by atoms with Gasteiger partial charge in [0.1, 0.15) is 17.5 Å². The van der Waals surface area contributed by atoms with E-state index in [9.17, 15) is 4.79 Å². The average molecular weight is 281 g/mol. The fraction of sp³-hybridized carbons (Fsp3) is 0.533. The van der Waals surface area contributed by atoms with E-state index in [1.165, 1.54) is 5.69 Å². The summed E-state index contributed by atoms with van der Waals surface area (Å²) in [6.07, 6.45) is 2.29. The third-order valence-corrected chi connectivity index (χ3v) is 3.57. The van der Waals surface area contributed by atoms with Crippen LogP contribution in [-0.4, -0.2) is 44.9 Å². The van der Waals surface area contributed by atoms with E-state index >= 15 is 0 Å². The molecule has 0 saturated heterocycles. The molecule has 0 unspecified atom stereocenters. The Labute approximate surface area is 120 Å². The molecular weight excluding hydrogens is 256 g/mol. The number of nitrogens with two attached hydrogens (primary N) is 1. The third-order valence-electron chi connectivity index (χ3n) is 3.57. The van der Waals surface area contributed by atoms with Crippen LogP contribution in [0.2, 0.25) is 0 Å². The predicted octanol–water partition coefficient (Wildman–Crippen LogP) is 1.84. The lowest BCUT2D eigenvalue weighted by atomic mass is 10.1. The number of hydrogen-bond donors (Lipinski definition) is 2. The van der Waals surface area contributed by atoms with Crippen molar-refractivity contribution in [1.29, 1.82) is 0 Å². The van der Waals surface area contributed by atoms with Crippen LogP contribution in [0.5, 0.6) is 5.75 Å².